The molecule has 1 amide bonds. The zero-order chi connectivity index (χ0) is 21.2. The third-order valence-electron chi connectivity index (χ3n) is 5.51. The lowest BCUT2D eigenvalue weighted by Gasteiger charge is -2.32. The molecule has 170 valence electrons. The number of hydrogen-bond acceptors (Lipinski definition) is 3. The fourth-order valence-electron chi connectivity index (χ4n) is 3.78. The zero-order valence-corrected chi connectivity index (χ0v) is 21.5. The lowest BCUT2D eigenvalue weighted by atomic mass is 9.89. The van der Waals surface area contributed by atoms with Crippen molar-refractivity contribution in [1.29, 1.82) is 0 Å². The SMILES string of the molecule is CCNC(=NCC1CCCOC1c1ccc(C)cc1)N(C)CC(=O)N(CC)CC.I. The molecule has 7 heteroatoms. The van der Waals surface area contributed by atoms with E-state index in [-0.39, 0.29) is 36.0 Å². The third-order valence-corrected chi connectivity index (χ3v) is 5.51. The summed E-state index contributed by atoms with van der Waals surface area (Å²) in [5.74, 6) is 1.25. The summed E-state index contributed by atoms with van der Waals surface area (Å²) in [6.45, 7) is 12.2. The van der Waals surface area contributed by atoms with E-state index in [1.54, 1.807) is 0 Å². The van der Waals surface area contributed by atoms with Crippen LogP contribution in [-0.4, -0.2) is 68.0 Å². The Hall–Kier alpha value is -1.35. The molecule has 6 nitrogen and oxygen atoms in total. The molecular formula is C23H39IN4O2. The van der Waals surface area contributed by atoms with Gasteiger partial charge >= 0.3 is 0 Å². The van der Waals surface area contributed by atoms with E-state index < -0.39 is 0 Å². The normalized spacial score (nSPS) is 19.0. The lowest BCUT2D eigenvalue weighted by molar-refractivity contribution is -0.131. The van der Waals surface area contributed by atoms with Gasteiger partial charge in [-0.2, -0.15) is 0 Å². The predicted molar refractivity (Wildman–Crippen MR) is 135 cm³/mol. The molecule has 2 atom stereocenters. The van der Waals surface area contributed by atoms with E-state index >= 15 is 0 Å². The van der Waals surface area contributed by atoms with Gasteiger partial charge in [-0.25, -0.2) is 0 Å². The number of benzene rings is 1. The van der Waals surface area contributed by atoms with E-state index in [2.05, 4.69) is 36.5 Å². The van der Waals surface area contributed by atoms with Gasteiger partial charge < -0.3 is 19.9 Å². The highest BCUT2D eigenvalue weighted by Crippen LogP contribution is 2.34. The van der Waals surface area contributed by atoms with Crippen LogP contribution in [0.25, 0.3) is 0 Å². The number of nitrogens with zero attached hydrogens (tertiary/aromatic N) is 3. The van der Waals surface area contributed by atoms with Crippen molar-refractivity contribution in [2.75, 3.05) is 46.4 Å². The summed E-state index contributed by atoms with van der Waals surface area (Å²) < 4.78 is 6.13. The maximum Gasteiger partial charge on any atom is 0.242 e. The fraction of sp³-hybridized carbons (Fsp3) is 0.652. The number of amides is 1. The van der Waals surface area contributed by atoms with E-state index in [9.17, 15) is 4.79 Å². The number of carbonyl (C=O) groups is 1. The molecule has 2 unspecified atom stereocenters. The molecule has 0 radical (unpaired) electrons. The summed E-state index contributed by atoms with van der Waals surface area (Å²) in [6, 6.07) is 8.62. The van der Waals surface area contributed by atoms with Crippen LogP contribution >= 0.6 is 24.0 Å². The minimum atomic E-state index is 0. The van der Waals surface area contributed by atoms with Crippen molar-refractivity contribution < 1.29 is 9.53 Å². The minimum absolute atomic E-state index is 0. The van der Waals surface area contributed by atoms with Crippen molar-refractivity contribution in [3.63, 3.8) is 0 Å². The van der Waals surface area contributed by atoms with Crippen LogP contribution in [0.15, 0.2) is 29.3 Å². The number of carbonyl (C=O) groups excluding carboxylic acids is 1. The van der Waals surface area contributed by atoms with Crippen LogP contribution in [0.4, 0.5) is 0 Å². The Bertz CT molecular complexity index is 662. The molecule has 1 N–H and O–H groups in total. The largest absolute Gasteiger partial charge is 0.373 e. The Morgan fingerprint density at radius 1 is 1.20 bits per heavy atom. The lowest BCUT2D eigenvalue weighted by Crippen LogP contribution is -2.46. The van der Waals surface area contributed by atoms with E-state index in [0.29, 0.717) is 19.0 Å². The summed E-state index contributed by atoms with van der Waals surface area (Å²) in [4.78, 5) is 21.1. The van der Waals surface area contributed by atoms with Crippen molar-refractivity contribution in [2.45, 2.75) is 46.6 Å². The monoisotopic (exact) mass is 530 g/mol. The van der Waals surface area contributed by atoms with E-state index in [0.717, 1.165) is 45.0 Å². The first-order valence-corrected chi connectivity index (χ1v) is 10.9. The van der Waals surface area contributed by atoms with Gasteiger partial charge in [-0.1, -0.05) is 29.8 Å². The molecule has 0 aliphatic carbocycles. The van der Waals surface area contributed by atoms with Crippen LogP contribution in [0.3, 0.4) is 0 Å². The molecule has 1 heterocycles. The van der Waals surface area contributed by atoms with E-state index in [1.165, 1.54) is 11.1 Å². The molecule has 1 aromatic rings. The summed E-state index contributed by atoms with van der Waals surface area (Å²) in [5, 5.41) is 3.33. The van der Waals surface area contributed by atoms with Crippen LogP contribution in [0, 0.1) is 12.8 Å². The van der Waals surface area contributed by atoms with Crippen molar-refractivity contribution in [3.8, 4) is 0 Å². The van der Waals surface area contributed by atoms with Crippen LogP contribution in [0.2, 0.25) is 0 Å². The first-order chi connectivity index (χ1) is 14.0. The van der Waals surface area contributed by atoms with Crippen LogP contribution in [0.5, 0.6) is 0 Å². The van der Waals surface area contributed by atoms with Gasteiger partial charge in [0, 0.05) is 45.8 Å². The Balaban J connectivity index is 0.00000450. The quantitative estimate of drug-likeness (QED) is 0.315. The molecule has 0 aromatic heterocycles. The van der Waals surface area contributed by atoms with Crippen molar-refractivity contribution in [3.05, 3.63) is 35.4 Å². The topological polar surface area (TPSA) is 57.2 Å². The highest BCUT2D eigenvalue weighted by Gasteiger charge is 2.27. The van der Waals surface area contributed by atoms with Gasteiger partial charge in [0.25, 0.3) is 0 Å². The Morgan fingerprint density at radius 2 is 1.87 bits per heavy atom. The standard InChI is InChI=1S/C23H38N4O2.HI/c1-6-24-23(26(5)17-21(28)27(7-2)8-3)25-16-20-10-9-15-29-22(20)19-13-11-18(4)12-14-19;/h11-14,20,22H,6-10,15-17H2,1-5H3,(H,24,25);1H. The van der Waals surface area contributed by atoms with Gasteiger partial charge in [0.2, 0.25) is 5.91 Å². The van der Waals surface area contributed by atoms with Crippen LogP contribution < -0.4 is 5.32 Å². The number of rotatable bonds is 8. The number of aryl methyl sites for hydroxylation is 1. The van der Waals surface area contributed by atoms with Crippen molar-refractivity contribution in [1.82, 2.24) is 15.1 Å². The minimum Gasteiger partial charge on any atom is -0.373 e. The molecule has 0 saturated carbocycles. The van der Waals surface area contributed by atoms with Gasteiger partial charge in [0.1, 0.15) is 0 Å². The number of nitrogens with one attached hydrogen (secondary N) is 1. The number of halogens is 1. The van der Waals surface area contributed by atoms with E-state index in [4.69, 9.17) is 9.73 Å². The molecule has 1 aliphatic rings. The summed E-state index contributed by atoms with van der Waals surface area (Å²) >= 11 is 0. The second-order valence-corrected chi connectivity index (χ2v) is 7.72. The van der Waals surface area contributed by atoms with Gasteiger partial charge in [-0.15, -0.1) is 24.0 Å². The van der Waals surface area contributed by atoms with Gasteiger partial charge in [-0.3, -0.25) is 9.79 Å². The van der Waals surface area contributed by atoms with Crippen molar-refractivity contribution in [2.24, 2.45) is 10.9 Å². The van der Waals surface area contributed by atoms with Crippen molar-refractivity contribution >= 4 is 35.8 Å². The maximum atomic E-state index is 12.5. The number of aliphatic imine (C=N–C) groups is 1. The predicted octanol–water partition coefficient (Wildman–Crippen LogP) is 3.85. The second kappa shape index (κ2) is 13.9. The Morgan fingerprint density at radius 3 is 2.47 bits per heavy atom. The highest BCUT2D eigenvalue weighted by atomic mass is 127. The number of hydrogen-bond donors (Lipinski definition) is 1. The fourth-order valence-corrected chi connectivity index (χ4v) is 3.78. The molecule has 1 saturated heterocycles. The average molecular weight is 530 g/mol. The third kappa shape index (κ3) is 7.72. The second-order valence-electron chi connectivity index (χ2n) is 7.72. The van der Waals surface area contributed by atoms with E-state index in [1.807, 2.05) is 37.6 Å². The maximum absolute atomic E-state index is 12.5. The molecule has 0 bridgehead atoms. The summed E-state index contributed by atoms with van der Waals surface area (Å²) in [7, 11) is 1.93. The number of likely N-dealkylation sites (N-methyl/N-ethyl adjacent to an activating group) is 2. The first kappa shape index (κ1) is 26.7. The molecule has 30 heavy (non-hydrogen) atoms. The highest BCUT2D eigenvalue weighted by molar-refractivity contribution is 14.0. The molecule has 2 rings (SSSR count). The van der Waals surface area contributed by atoms with Crippen LogP contribution in [-0.2, 0) is 9.53 Å². The van der Waals surface area contributed by atoms with Gasteiger partial charge in [0.05, 0.1) is 12.6 Å². The molecule has 1 fully saturated rings. The number of ether oxygens (including phenoxy) is 1. The average Bonchev–Trinajstić information content (AvgIpc) is 2.72. The molecule has 0 spiro atoms. The molecule has 1 aliphatic heterocycles. The number of guanidine groups is 1. The van der Waals surface area contributed by atoms with Gasteiger partial charge in [-0.05, 0) is 46.1 Å². The summed E-state index contributed by atoms with van der Waals surface area (Å²) in [6.07, 6.45) is 2.25. The molecular weight excluding hydrogens is 491 g/mol. The van der Waals surface area contributed by atoms with Gasteiger partial charge in [0.15, 0.2) is 5.96 Å². The first-order valence-electron chi connectivity index (χ1n) is 10.9. The van der Waals surface area contributed by atoms with Crippen LogP contribution in [0.1, 0.15) is 50.8 Å². The smallest absolute Gasteiger partial charge is 0.242 e. The zero-order valence-electron chi connectivity index (χ0n) is 19.2. The Labute approximate surface area is 199 Å². The Kier molecular flexibility index (Phi) is 12.3. The molecule has 1 aromatic carbocycles. The summed E-state index contributed by atoms with van der Waals surface area (Å²) in [5.41, 5.74) is 2.48.